The quantitative estimate of drug-likeness (QED) is 0.837. The third-order valence-corrected chi connectivity index (χ3v) is 6.60. The summed E-state index contributed by atoms with van der Waals surface area (Å²) >= 11 is 0. The Morgan fingerprint density at radius 3 is 2.33 bits per heavy atom. The zero-order valence-corrected chi connectivity index (χ0v) is 16.6. The van der Waals surface area contributed by atoms with Gasteiger partial charge in [-0.25, -0.2) is 8.42 Å². The number of carbonyl (C=O) groups is 1. The molecule has 0 heterocycles. The number of hydrogen-bond acceptors (Lipinski definition) is 3. The summed E-state index contributed by atoms with van der Waals surface area (Å²) in [6.07, 6.45) is 5.68. The summed E-state index contributed by atoms with van der Waals surface area (Å²) in [6.45, 7) is 1.81. The lowest BCUT2D eigenvalue weighted by atomic mass is 9.94. The second-order valence-corrected chi connectivity index (χ2v) is 8.84. The maximum absolute atomic E-state index is 12.8. The number of rotatable bonds is 5. The van der Waals surface area contributed by atoms with E-state index >= 15 is 0 Å². The molecule has 0 atom stereocenters. The zero-order valence-electron chi connectivity index (χ0n) is 15.8. The molecule has 1 aliphatic rings. The van der Waals surface area contributed by atoms with Gasteiger partial charge in [-0.3, -0.25) is 9.52 Å². The van der Waals surface area contributed by atoms with Gasteiger partial charge >= 0.3 is 0 Å². The largest absolute Gasteiger partial charge is 0.339 e. The molecule has 0 radical (unpaired) electrons. The first-order valence-corrected chi connectivity index (χ1v) is 10.8. The van der Waals surface area contributed by atoms with Gasteiger partial charge in [0.15, 0.2) is 0 Å². The number of hydrogen-bond donors (Lipinski definition) is 1. The van der Waals surface area contributed by atoms with Gasteiger partial charge in [0, 0.05) is 18.7 Å². The van der Waals surface area contributed by atoms with Crippen molar-refractivity contribution in [3.8, 4) is 0 Å². The first-order chi connectivity index (χ1) is 12.9. The normalized spacial score (nSPS) is 15.3. The Bertz CT molecular complexity index is 904. The summed E-state index contributed by atoms with van der Waals surface area (Å²) in [6, 6.07) is 13.6. The van der Waals surface area contributed by atoms with Gasteiger partial charge in [-0.2, -0.15) is 0 Å². The minimum Gasteiger partial charge on any atom is -0.339 e. The molecule has 6 heteroatoms. The average Bonchev–Trinajstić information content (AvgIpc) is 2.69. The summed E-state index contributed by atoms with van der Waals surface area (Å²) in [5.41, 5.74) is 1.79. The molecule has 1 fully saturated rings. The maximum atomic E-state index is 12.8. The van der Waals surface area contributed by atoms with E-state index in [4.69, 9.17) is 0 Å². The van der Waals surface area contributed by atoms with Crippen molar-refractivity contribution in [3.05, 3.63) is 59.7 Å². The number of aryl methyl sites for hydroxylation is 1. The fourth-order valence-electron chi connectivity index (χ4n) is 3.55. The molecule has 1 N–H and O–H groups in total. The van der Waals surface area contributed by atoms with E-state index in [2.05, 4.69) is 4.72 Å². The molecule has 1 amide bonds. The monoisotopic (exact) mass is 386 g/mol. The van der Waals surface area contributed by atoms with Crippen molar-refractivity contribution in [3.63, 3.8) is 0 Å². The third-order valence-electron chi connectivity index (χ3n) is 5.21. The molecular formula is C21H26N2O3S. The second-order valence-electron chi connectivity index (χ2n) is 7.16. The van der Waals surface area contributed by atoms with E-state index in [1.54, 1.807) is 55.5 Å². The lowest BCUT2D eigenvalue weighted by Crippen LogP contribution is -2.38. The van der Waals surface area contributed by atoms with Crippen molar-refractivity contribution in [1.29, 1.82) is 0 Å². The first kappa shape index (κ1) is 19.4. The van der Waals surface area contributed by atoms with Gasteiger partial charge in [0.25, 0.3) is 15.9 Å². The summed E-state index contributed by atoms with van der Waals surface area (Å²) in [4.78, 5) is 14.8. The molecule has 5 nitrogen and oxygen atoms in total. The number of anilines is 1. The summed E-state index contributed by atoms with van der Waals surface area (Å²) in [5, 5.41) is 0. The summed E-state index contributed by atoms with van der Waals surface area (Å²) < 4.78 is 27.6. The summed E-state index contributed by atoms with van der Waals surface area (Å²) in [7, 11) is -1.79. The Labute approximate surface area is 161 Å². The van der Waals surface area contributed by atoms with E-state index in [0.717, 1.165) is 18.4 Å². The molecule has 3 rings (SSSR count). The smallest absolute Gasteiger partial charge is 0.261 e. The standard InChI is InChI=1S/C21H26N2O3S/c1-16-15-17(21(24)23(2)18-9-5-3-6-10-18)13-14-20(16)22-27(25,26)19-11-7-4-8-12-19/h4,7-8,11-15,18,22H,3,5-6,9-10H2,1-2H3. The van der Waals surface area contributed by atoms with Gasteiger partial charge in [-0.05, 0) is 55.7 Å². The van der Waals surface area contributed by atoms with E-state index in [9.17, 15) is 13.2 Å². The number of benzene rings is 2. The zero-order chi connectivity index (χ0) is 19.4. The SMILES string of the molecule is Cc1cc(C(=O)N(C)C2CCCCC2)ccc1NS(=O)(=O)c1ccccc1. The van der Waals surface area contributed by atoms with E-state index in [-0.39, 0.29) is 10.8 Å². The van der Waals surface area contributed by atoms with Crippen LogP contribution in [0, 0.1) is 6.92 Å². The van der Waals surface area contributed by atoms with Crippen molar-refractivity contribution in [1.82, 2.24) is 4.90 Å². The van der Waals surface area contributed by atoms with Gasteiger partial charge in [0.1, 0.15) is 0 Å². The molecule has 2 aromatic rings. The fourth-order valence-corrected chi connectivity index (χ4v) is 4.70. The molecule has 0 bridgehead atoms. The van der Waals surface area contributed by atoms with Crippen molar-refractivity contribution in [2.75, 3.05) is 11.8 Å². The molecule has 0 spiro atoms. The highest BCUT2D eigenvalue weighted by Gasteiger charge is 2.23. The molecular weight excluding hydrogens is 360 g/mol. The van der Waals surface area contributed by atoms with Crippen LogP contribution in [0.15, 0.2) is 53.4 Å². The highest BCUT2D eigenvalue weighted by atomic mass is 32.2. The molecule has 144 valence electrons. The molecule has 0 aliphatic heterocycles. The van der Waals surface area contributed by atoms with Crippen LogP contribution in [-0.2, 0) is 10.0 Å². The molecule has 2 aromatic carbocycles. The predicted molar refractivity (Wildman–Crippen MR) is 107 cm³/mol. The number of amides is 1. The molecule has 0 aromatic heterocycles. The van der Waals surface area contributed by atoms with E-state index < -0.39 is 10.0 Å². The first-order valence-electron chi connectivity index (χ1n) is 9.34. The van der Waals surface area contributed by atoms with Gasteiger partial charge in [0.05, 0.1) is 10.6 Å². The Hall–Kier alpha value is -2.34. The second kappa shape index (κ2) is 8.13. The Kier molecular flexibility index (Phi) is 5.85. The van der Waals surface area contributed by atoms with Crippen LogP contribution in [0.5, 0.6) is 0 Å². The number of nitrogens with one attached hydrogen (secondary N) is 1. The highest BCUT2D eigenvalue weighted by Crippen LogP contribution is 2.25. The van der Waals surface area contributed by atoms with E-state index in [1.165, 1.54) is 19.3 Å². The van der Waals surface area contributed by atoms with Crippen LogP contribution in [0.1, 0.15) is 48.0 Å². The minimum atomic E-state index is -3.65. The van der Waals surface area contributed by atoms with Crippen LogP contribution < -0.4 is 4.72 Å². The molecule has 27 heavy (non-hydrogen) atoms. The van der Waals surface area contributed by atoms with Crippen LogP contribution in [0.25, 0.3) is 0 Å². The van der Waals surface area contributed by atoms with Crippen LogP contribution in [0.4, 0.5) is 5.69 Å². The molecule has 0 unspecified atom stereocenters. The molecule has 1 aliphatic carbocycles. The molecule has 0 saturated heterocycles. The van der Waals surface area contributed by atoms with E-state index in [1.807, 2.05) is 11.9 Å². The van der Waals surface area contributed by atoms with Gasteiger partial charge in [0.2, 0.25) is 0 Å². The van der Waals surface area contributed by atoms with Gasteiger partial charge < -0.3 is 4.90 Å². The number of nitrogens with zero attached hydrogens (tertiary/aromatic N) is 1. The van der Waals surface area contributed by atoms with Crippen molar-refractivity contribution >= 4 is 21.6 Å². The van der Waals surface area contributed by atoms with Crippen molar-refractivity contribution in [2.24, 2.45) is 0 Å². The Morgan fingerprint density at radius 1 is 1.04 bits per heavy atom. The number of carbonyl (C=O) groups excluding carboxylic acids is 1. The van der Waals surface area contributed by atoms with Crippen LogP contribution in [-0.4, -0.2) is 32.3 Å². The van der Waals surface area contributed by atoms with Crippen molar-refractivity contribution < 1.29 is 13.2 Å². The summed E-state index contributed by atoms with van der Waals surface area (Å²) in [5.74, 6) is -0.0116. The van der Waals surface area contributed by atoms with Crippen LogP contribution >= 0.6 is 0 Å². The van der Waals surface area contributed by atoms with Gasteiger partial charge in [-0.1, -0.05) is 37.5 Å². The lowest BCUT2D eigenvalue weighted by molar-refractivity contribution is 0.0696. The third kappa shape index (κ3) is 4.50. The fraction of sp³-hybridized carbons (Fsp3) is 0.381. The van der Waals surface area contributed by atoms with Crippen molar-refractivity contribution in [2.45, 2.75) is 50.0 Å². The number of sulfonamides is 1. The van der Waals surface area contributed by atoms with E-state index in [0.29, 0.717) is 17.3 Å². The minimum absolute atomic E-state index is 0.0116. The topological polar surface area (TPSA) is 66.5 Å². The average molecular weight is 387 g/mol. The lowest BCUT2D eigenvalue weighted by Gasteiger charge is -2.31. The maximum Gasteiger partial charge on any atom is 0.261 e. The van der Waals surface area contributed by atoms with Crippen LogP contribution in [0.2, 0.25) is 0 Å². The Balaban J connectivity index is 1.76. The predicted octanol–water partition coefficient (Wildman–Crippen LogP) is 4.20. The van der Waals surface area contributed by atoms with Crippen LogP contribution in [0.3, 0.4) is 0 Å². The molecule has 1 saturated carbocycles. The Morgan fingerprint density at radius 2 is 1.70 bits per heavy atom. The highest BCUT2D eigenvalue weighted by molar-refractivity contribution is 7.92. The van der Waals surface area contributed by atoms with Gasteiger partial charge in [-0.15, -0.1) is 0 Å².